The number of methoxy groups -OCH3 is 4. The molecule has 0 saturated carbocycles. The van der Waals surface area contributed by atoms with Crippen molar-refractivity contribution in [1.82, 2.24) is 5.32 Å². The summed E-state index contributed by atoms with van der Waals surface area (Å²) in [5.41, 5.74) is 0.243. The molecule has 0 unspecified atom stereocenters. The fourth-order valence-electron chi connectivity index (χ4n) is 2.30. The number of rotatable bonds is 8. The Morgan fingerprint density at radius 1 is 1.04 bits per heavy atom. The number of carbonyl (C=O) groups excluding carboxylic acids is 2. The van der Waals surface area contributed by atoms with Gasteiger partial charge in [0.2, 0.25) is 5.75 Å². The molecule has 0 aliphatic carbocycles. The molecule has 0 spiro atoms. The van der Waals surface area contributed by atoms with Crippen molar-refractivity contribution in [2.24, 2.45) is 5.92 Å². The minimum atomic E-state index is -0.745. The van der Waals surface area contributed by atoms with Crippen LogP contribution >= 0.6 is 0 Å². The van der Waals surface area contributed by atoms with Gasteiger partial charge in [-0.15, -0.1) is 0 Å². The molecule has 1 aromatic carbocycles. The number of benzene rings is 1. The summed E-state index contributed by atoms with van der Waals surface area (Å²) in [5.74, 6) is -0.0292. The van der Waals surface area contributed by atoms with Crippen molar-refractivity contribution in [3.8, 4) is 17.2 Å². The molecule has 0 aliphatic rings. The van der Waals surface area contributed by atoms with Gasteiger partial charge in [0.15, 0.2) is 11.5 Å². The molecule has 1 rings (SSSR count). The van der Waals surface area contributed by atoms with E-state index in [-0.39, 0.29) is 17.2 Å². The molecule has 0 aromatic heterocycles. The molecule has 1 aromatic rings. The Hall–Kier alpha value is -2.44. The van der Waals surface area contributed by atoms with Crippen LogP contribution < -0.4 is 19.5 Å². The van der Waals surface area contributed by atoms with E-state index in [4.69, 9.17) is 18.9 Å². The number of amides is 1. The summed E-state index contributed by atoms with van der Waals surface area (Å²) in [5, 5.41) is 2.71. The molecule has 134 valence electrons. The molecule has 1 amide bonds. The van der Waals surface area contributed by atoms with Gasteiger partial charge in [-0.25, -0.2) is 4.79 Å². The topological polar surface area (TPSA) is 83.1 Å². The van der Waals surface area contributed by atoms with E-state index >= 15 is 0 Å². The van der Waals surface area contributed by atoms with Crippen LogP contribution in [0.2, 0.25) is 0 Å². The van der Waals surface area contributed by atoms with Crippen LogP contribution in [0.5, 0.6) is 17.2 Å². The Balaban J connectivity index is 3.20. The summed E-state index contributed by atoms with van der Waals surface area (Å²) >= 11 is 0. The van der Waals surface area contributed by atoms with E-state index in [0.717, 1.165) is 0 Å². The fourth-order valence-corrected chi connectivity index (χ4v) is 2.30. The molecule has 0 aliphatic heterocycles. The van der Waals surface area contributed by atoms with Gasteiger partial charge in [-0.3, -0.25) is 4.79 Å². The summed E-state index contributed by atoms with van der Waals surface area (Å²) in [6.45, 7) is 3.80. The molecule has 0 radical (unpaired) electrons. The number of nitrogens with one attached hydrogen (secondary N) is 1. The van der Waals surface area contributed by atoms with E-state index in [0.29, 0.717) is 17.9 Å². The summed E-state index contributed by atoms with van der Waals surface area (Å²) in [6.07, 6.45) is 0.711. The number of hydrogen-bond donors (Lipinski definition) is 1. The Bertz CT molecular complexity index is 587. The van der Waals surface area contributed by atoms with Crippen LogP contribution in [0.1, 0.15) is 30.6 Å². The lowest BCUT2D eigenvalue weighted by Gasteiger charge is -2.23. The van der Waals surface area contributed by atoms with Gasteiger partial charge in [0.05, 0.1) is 34.0 Å². The molecule has 24 heavy (non-hydrogen) atoms. The van der Waals surface area contributed by atoms with Crippen molar-refractivity contribution in [3.05, 3.63) is 17.7 Å². The zero-order chi connectivity index (χ0) is 18.3. The zero-order valence-electron chi connectivity index (χ0n) is 15.0. The second kappa shape index (κ2) is 9.00. The molecular formula is C17H25NO6. The third kappa shape index (κ3) is 4.10. The van der Waals surface area contributed by atoms with E-state index in [9.17, 15) is 9.59 Å². The SMILES string of the molecule is CC[C@@H](C)[C@H](NC(=O)c1ccc(OC)c(OC)c1OC)C(=O)OC. The summed E-state index contributed by atoms with van der Waals surface area (Å²) in [7, 11) is 5.67. The van der Waals surface area contributed by atoms with Crippen LogP contribution in [0.25, 0.3) is 0 Å². The smallest absolute Gasteiger partial charge is 0.328 e. The molecule has 7 heteroatoms. The van der Waals surface area contributed by atoms with E-state index in [1.54, 1.807) is 12.1 Å². The first-order chi connectivity index (χ1) is 11.4. The standard InChI is InChI=1S/C17H25NO6/c1-7-10(2)13(17(20)24-6)18-16(19)11-8-9-12(21-3)15(23-5)14(11)22-4/h8-10,13H,7H2,1-6H3,(H,18,19)/t10-,13+/m1/s1. The maximum absolute atomic E-state index is 12.6. The molecule has 2 atom stereocenters. The second-order valence-electron chi connectivity index (χ2n) is 5.24. The Morgan fingerprint density at radius 3 is 2.12 bits per heavy atom. The molecule has 1 N–H and O–H groups in total. The van der Waals surface area contributed by atoms with Gasteiger partial charge in [0.25, 0.3) is 5.91 Å². The highest BCUT2D eigenvalue weighted by Gasteiger charge is 2.29. The number of ether oxygens (including phenoxy) is 4. The highest BCUT2D eigenvalue weighted by molar-refractivity contribution is 6.00. The van der Waals surface area contributed by atoms with Gasteiger partial charge < -0.3 is 24.3 Å². The van der Waals surface area contributed by atoms with Gasteiger partial charge in [-0.1, -0.05) is 20.3 Å². The van der Waals surface area contributed by atoms with Gasteiger partial charge in [0.1, 0.15) is 6.04 Å². The maximum Gasteiger partial charge on any atom is 0.328 e. The summed E-state index contributed by atoms with van der Waals surface area (Å²) in [4.78, 5) is 24.6. The maximum atomic E-state index is 12.6. The molecule has 0 bridgehead atoms. The van der Waals surface area contributed by atoms with Gasteiger partial charge in [-0.05, 0) is 18.1 Å². The van der Waals surface area contributed by atoms with E-state index in [1.807, 2.05) is 13.8 Å². The molecule has 0 fully saturated rings. The van der Waals surface area contributed by atoms with Crippen LogP contribution in [-0.4, -0.2) is 46.4 Å². The van der Waals surface area contributed by atoms with Crippen molar-refractivity contribution in [2.45, 2.75) is 26.3 Å². The molecular weight excluding hydrogens is 314 g/mol. The number of carbonyl (C=O) groups is 2. The Labute approximate surface area is 142 Å². The normalized spacial score (nSPS) is 12.8. The van der Waals surface area contributed by atoms with Crippen molar-refractivity contribution in [3.63, 3.8) is 0 Å². The van der Waals surface area contributed by atoms with Crippen molar-refractivity contribution in [1.29, 1.82) is 0 Å². The number of esters is 1. The third-order valence-electron chi connectivity index (χ3n) is 3.90. The van der Waals surface area contributed by atoms with Crippen LogP contribution in [-0.2, 0) is 9.53 Å². The average Bonchev–Trinajstić information content (AvgIpc) is 2.62. The lowest BCUT2D eigenvalue weighted by molar-refractivity contribution is -0.144. The lowest BCUT2D eigenvalue weighted by atomic mass is 9.98. The fraction of sp³-hybridized carbons (Fsp3) is 0.529. The van der Waals surface area contributed by atoms with Crippen molar-refractivity contribution < 1.29 is 28.5 Å². The minimum absolute atomic E-state index is 0.0764. The lowest BCUT2D eigenvalue weighted by Crippen LogP contribution is -2.45. The Morgan fingerprint density at radius 2 is 1.67 bits per heavy atom. The average molecular weight is 339 g/mol. The molecule has 7 nitrogen and oxygen atoms in total. The van der Waals surface area contributed by atoms with Crippen molar-refractivity contribution >= 4 is 11.9 Å². The van der Waals surface area contributed by atoms with Crippen LogP contribution in [0.4, 0.5) is 0 Å². The van der Waals surface area contributed by atoms with E-state index in [2.05, 4.69) is 5.32 Å². The summed E-state index contributed by atoms with van der Waals surface area (Å²) in [6, 6.07) is 2.41. The van der Waals surface area contributed by atoms with Crippen LogP contribution in [0, 0.1) is 5.92 Å². The highest BCUT2D eigenvalue weighted by Crippen LogP contribution is 2.39. The molecule has 0 saturated heterocycles. The summed E-state index contributed by atoms with van der Waals surface area (Å²) < 4.78 is 20.5. The largest absolute Gasteiger partial charge is 0.493 e. The van der Waals surface area contributed by atoms with Gasteiger partial charge in [-0.2, -0.15) is 0 Å². The first-order valence-corrected chi connectivity index (χ1v) is 7.62. The zero-order valence-corrected chi connectivity index (χ0v) is 15.0. The molecule has 0 heterocycles. The van der Waals surface area contributed by atoms with Crippen LogP contribution in [0.15, 0.2) is 12.1 Å². The number of hydrogen-bond acceptors (Lipinski definition) is 6. The predicted octanol–water partition coefficient (Wildman–Crippen LogP) is 2.03. The predicted molar refractivity (Wildman–Crippen MR) is 88.8 cm³/mol. The Kier molecular flexibility index (Phi) is 7.35. The first-order valence-electron chi connectivity index (χ1n) is 7.62. The van der Waals surface area contributed by atoms with Crippen LogP contribution in [0.3, 0.4) is 0 Å². The van der Waals surface area contributed by atoms with E-state index < -0.39 is 17.9 Å². The monoisotopic (exact) mass is 339 g/mol. The quantitative estimate of drug-likeness (QED) is 0.730. The first kappa shape index (κ1) is 19.6. The van der Waals surface area contributed by atoms with Crippen molar-refractivity contribution in [2.75, 3.05) is 28.4 Å². The third-order valence-corrected chi connectivity index (χ3v) is 3.90. The van der Waals surface area contributed by atoms with E-state index in [1.165, 1.54) is 28.4 Å². The second-order valence-corrected chi connectivity index (χ2v) is 5.24. The van der Waals surface area contributed by atoms with Gasteiger partial charge >= 0.3 is 5.97 Å². The van der Waals surface area contributed by atoms with Gasteiger partial charge in [0, 0.05) is 0 Å². The highest BCUT2D eigenvalue weighted by atomic mass is 16.5. The minimum Gasteiger partial charge on any atom is -0.493 e.